The van der Waals surface area contributed by atoms with Crippen LogP contribution in [0.4, 0.5) is 0 Å². The number of thioether (sulfide) groups is 1. The van der Waals surface area contributed by atoms with Crippen LogP contribution in [0.15, 0.2) is 58.5 Å². The second-order valence-electron chi connectivity index (χ2n) is 5.60. The SMILES string of the molecule is NS(=O)(=O)CCCSc1nc2ccccc2c(=O)n1-c1cccc(Cl)c1. The predicted molar refractivity (Wildman–Crippen MR) is 106 cm³/mol. The molecule has 0 bridgehead atoms. The van der Waals surface area contributed by atoms with Crippen LogP contribution in [0.3, 0.4) is 0 Å². The van der Waals surface area contributed by atoms with Gasteiger partial charge in [0.2, 0.25) is 10.0 Å². The van der Waals surface area contributed by atoms with Crippen molar-refractivity contribution in [3.8, 4) is 5.69 Å². The third kappa shape index (κ3) is 4.45. The van der Waals surface area contributed by atoms with Crippen molar-refractivity contribution in [1.82, 2.24) is 9.55 Å². The van der Waals surface area contributed by atoms with Crippen LogP contribution in [0, 0.1) is 0 Å². The molecule has 9 heteroatoms. The van der Waals surface area contributed by atoms with Crippen LogP contribution in [0.25, 0.3) is 16.6 Å². The van der Waals surface area contributed by atoms with Crippen molar-refractivity contribution in [2.75, 3.05) is 11.5 Å². The number of halogens is 1. The fraction of sp³-hybridized carbons (Fsp3) is 0.176. The zero-order valence-corrected chi connectivity index (χ0v) is 16.0. The number of hydrogen-bond acceptors (Lipinski definition) is 5. The van der Waals surface area contributed by atoms with Crippen molar-refractivity contribution in [2.24, 2.45) is 5.14 Å². The lowest BCUT2D eigenvalue weighted by molar-refractivity contribution is 0.596. The van der Waals surface area contributed by atoms with Crippen LogP contribution in [0.1, 0.15) is 6.42 Å². The molecule has 6 nitrogen and oxygen atoms in total. The summed E-state index contributed by atoms with van der Waals surface area (Å²) in [5.41, 5.74) is 0.992. The van der Waals surface area contributed by atoms with Gasteiger partial charge in [0, 0.05) is 10.8 Å². The summed E-state index contributed by atoms with van der Waals surface area (Å²) in [7, 11) is -3.51. The van der Waals surface area contributed by atoms with Crippen LogP contribution >= 0.6 is 23.4 Å². The summed E-state index contributed by atoms with van der Waals surface area (Å²) < 4.78 is 23.7. The van der Waals surface area contributed by atoms with E-state index in [9.17, 15) is 13.2 Å². The van der Waals surface area contributed by atoms with Crippen LogP contribution < -0.4 is 10.7 Å². The van der Waals surface area contributed by atoms with Gasteiger partial charge in [0.25, 0.3) is 5.56 Å². The lowest BCUT2D eigenvalue weighted by atomic mass is 10.2. The van der Waals surface area contributed by atoms with Crippen molar-refractivity contribution in [1.29, 1.82) is 0 Å². The zero-order valence-electron chi connectivity index (χ0n) is 13.6. The van der Waals surface area contributed by atoms with Crippen molar-refractivity contribution in [3.63, 3.8) is 0 Å². The summed E-state index contributed by atoms with van der Waals surface area (Å²) >= 11 is 7.38. The Morgan fingerprint density at radius 1 is 1.15 bits per heavy atom. The van der Waals surface area contributed by atoms with Gasteiger partial charge < -0.3 is 0 Å². The first-order chi connectivity index (χ1) is 12.3. The van der Waals surface area contributed by atoms with Gasteiger partial charge in [0.1, 0.15) is 0 Å². The number of rotatable bonds is 6. The van der Waals surface area contributed by atoms with Crippen LogP contribution in [-0.4, -0.2) is 29.5 Å². The summed E-state index contributed by atoms with van der Waals surface area (Å²) in [6.07, 6.45) is 0.363. The predicted octanol–water partition coefficient (Wildman–Crippen LogP) is 2.81. The third-order valence-electron chi connectivity index (χ3n) is 3.62. The Bertz CT molecular complexity index is 1110. The Kier molecular flexibility index (Phi) is 5.67. The summed E-state index contributed by atoms with van der Waals surface area (Å²) in [5, 5.41) is 6.51. The minimum Gasteiger partial charge on any atom is -0.268 e. The molecule has 0 radical (unpaired) electrons. The fourth-order valence-corrected chi connectivity index (χ4v) is 4.34. The minimum atomic E-state index is -3.51. The second-order valence-corrected chi connectivity index (χ2v) is 8.83. The standard InChI is InChI=1S/C17H16ClN3O3S2/c18-12-5-3-6-13(11-12)21-16(22)14-7-1-2-8-15(14)20-17(21)25-9-4-10-26(19,23)24/h1-3,5-8,11H,4,9-10H2,(H2,19,23,24). The van der Waals surface area contributed by atoms with E-state index in [0.717, 1.165) is 0 Å². The Balaban J connectivity index is 2.05. The van der Waals surface area contributed by atoms with Crippen molar-refractivity contribution in [3.05, 3.63) is 63.9 Å². The highest BCUT2D eigenvalue weighted by molar-refractivity contribution is 7.99. The van der Waals surface area contributed by atoms with Crippen molar-refractivity contribution >= 4 is 44.3 Å². The van der Waals surface area contributed by atoms with Crippen LogP contribution in [-0.2, 0) is 10.0 Å². The largest absolute Gasteiger partial charge is 0.268 e. The second kappa shape index (κ2) is 7.79. The molecule has 0 fully saturated rings. The number of sulfonamides is 1. The van der Waals surface area contributed by atoms with Crippen molar-refractivity contribution < 1.29 is 8.42 Å². The van der Waals surface area contributed by atoms with Gasteiger partial charge in [-0.25, -0.2) is 18.5 Å². The zero-order chi connectivity index (χ0) is 18.7. The van der Waals surface area contributed by atoms with Gasteiger partial charge in [0.05, 0.1) is 22.3 Å². The lowest BCUT2D eigenvalue weighted by Crippen LogP contribution is -2.22. The number of hydrogen-bond donors (Lipinski definition) is 1. The molecule has 2 aromatic carbocycles. The van der Waals surface area contributed by atoms with Crippen LogP contribution in [0.2, 0.25) is 5.02 Å². The monoisotopic (exact) mass is 409 g/mol. The molecule has 1 heterocycles. The van der Waals surface area contributed by atoms with Gasteiger partial charge >= 0.3 is 0 Å². The average molecular weight is 410 g/mol. The maximum atomic E-state index is 13.0. The van der Waals surface area contributed by atoms with Crippen LogP contribution in [0.5, 0.6) is 0 Å². The highest BCUT2D eigenvalue weighted by Crippen LogP contribution is 2.23. The van der Waals surface area contributed by atoms with E-state index in [-0.39, 0.29) is 11.3 Å². The highest BCUT2D eigenvalue weighted by atomic mass is 35.5. The van der Waals surface area contributed by atoms with E-state index in [2.05, 4.69) is 4.98 Å². The van der Waals surface area contributed by atoms with E-state index in [4.69, 9.17) is 16.7 Å². The number of benzene rings is 2. The van der Waals surface area contributed by atoms with E-state index >= 15 is 0 Å². The molecule has 0 saturated heterocycles. The molecule has 3 rings (SSSR count). The Morgan fingerprint density at radius 2 is 1.92 bits per heavy atom. The van der Waals surface area contributed by atoms with Gasteiger partial charge in [0.15, 0.2) is 5.16 Å². The van der Waals surface area contributed by atoms with Gasteiger partial charge in [-0.1, -0.05) is 41.6 Å². The molecule has 3 aromatic rings. The third-order valence-corrected chi connectivity index (χ3v) is 5.73. The summed E-state index contributed by atoms with van der Waals surface area (Å²) in [5.74, 6) is 0.344. The normalized spacial score (nSPS) is 11.8. The quantitative estimate of drug-likeness (QED) is 0.383. The number of para-hydroxylation sites is 1. The molecule has 0 aliphatic heterocycles. The highest BCUT2D eigenvalue weighted by Gasteiger charge is 2.14. The van der Waals surface area contributed by atoms with E-state index in [1.54, 1.807) is 42.5 Å². The van der Waals surface area contributed by atoms with E-state index < -0.39 is 10.0 Å². The molecule has 0 amide bonds. The molecule has 0 unspecified atom stereocenters. The number of nitrogens with two attached hydrogens (primary N) is 1. The Hall–Kier alpha value is -1.87. The van der Waals surface area contributed by atoms with Gasteiger partial charge in [-0.3, -0.25) is 9.36 Å². The minimum absolute atomic E-state index is 0.116. The molecule has 2 N–H and O–H groups in total. The van der Waals surface area contributed by atoms with Gasteiger partial charge in [-0.15, -0.1) is 0 Å². The Morgan fingerprint density at radius 3 is 2.65 bits per heavy atom. The molecule has 0 aliphatic carbocycles. The number of nitrogens with zero attached hydrogens (tertiary/aromatic N) is 2. The number of primary sulfonamides is 1. The molecule has 0 aliphatic rings. The molecule has 1 aromatic heterocycles. The van der Waals surface area contributed by atoms with E-state index in [0.29, 0.717) is 38.9 Å². The van der Waals surface area contributed by atoms with Gasteiger partial charge in [-0.2, -0.15) is 0 Å². The molecule has 0 saturated carbocycles. The van der Waals surface area contributed by atoms with Crippen molar-refractivity contribution in [2.45, 2.75) is 11.6 Å². The lowest BCUT2D eigenvalue weighted by Gasteiger charge is -2.13. The maximum Gasteiger partial charge on any atom is 0.266 e. The first kappa shape index (κ1) is 18.9. The fourth-order valence-electron chi connectivity index (χ4n) is 2.48. The average Bonchev–Trinajstić information content (AvgIpc) is 2.58. The summed E-state index contributed by atoms with van der Waals surface area (Å²) in [4.78, 5) is 17.6. The molecule has 0 atom stereocenters. The molecular formula is C17H16ClN3O3S2. The van der Waals surface area contributed by atoms with E-state index in [1.165, 1.54) is 16.3 Å². The topological polar surface area (TPSA) is 95.1 Å². The molecule has 26 heavy (non-hydrogen) atoms. The summed E-state index contributed by atoms with van der Waals surface area (Å²) in [6, 6.07) is 14.0. The number of aromatic nitrogens is 2. The first-order valence-electron chi connectivity index (χ1n) is 7.76. The van der Waals surface area contributed by atoms with E-state index in [1.807, 2.05) is 6.07 Å². The number of fused-ring (bicyclic) bond motifs is 1. The first-order valence-corrected chi connectivity index (χ1v) is 10.8. The summed E-state index contributed by atoms with van der Waals surface area (Å²) in [6.45, 7) is 0. The molecule has 136 valence electrons. The molecule has 0 spiro atoms. The van der Waals surface area contributed by atoms with Gasteiger partial charge in [-0.05, 0) is 36.8 Å². The Labute approximate surface area is 160 Å². The smallest absolute Gasteiger partial charge is 0.266 e. The maximum absolute atomic E-state index is 13.0. The molecular weight excluding hydrogens is 394 g/mol.